The monoisotopic (exact) mass is 254 g/mol. The summed E-state index contributed by atoms with van der Waals surface area (Å²) in [7, 11) is 0. The lowest BCUT2D eigenvalue weighted by atomic mass is 10.0. The molecular weight excluding hydrogens is 240 g/mol. The molecule has 0 saturated carbocycles. The van der Waals surface area contributed by atoms with Crippen LogP contribution in [0.15, 0.2) is 54.6 Å². The van der Waals surface area contributed by atoms with E-state index in [9.17, 15) is 9.59 Å². The van der Waals surface area contributed by atoms with E-state index in [4.69, 9.17) is 5.73 Å². The van der Waals surface area contributed by atoms with Crippen LogP contribution >= 0.6 is 0 Å². The molecule has 0 spiro atoms. The first-order valence-electron chi connectivity index (χ1n) is 5.91. The summed E-state index contributed by atoms with van der Waals surface area (Å²) in [5.74, 6) is -0.457. The highest BCUT2D eigenvalue weighted by Crippen LogP contribution is 2.19. The molecule has 3 N–H and O–H groups in total. The topological polar surface area (TPSA) is 72.2 Å². The van der Waals surface area contributed by atoms with Crippen molar-refractivity contribution in [1.82, 2.24) is 0 Å². The molecule has 96 valence electrons. The molecule has 0 aliphatic carbocycles. The van der Waals surface area contributed by atoms with Gasteiger partial charge in [-0.25, -0.2) is 0 Å². The zero-order valence-electron chi connectivity index (χ0n) is 10.3. The summed E-state index contributed by atoms with van der Waals surface area (Å²) in [6.45, 7) is -0.117. The smallest absolute Gasteiger partial charge is 0.238 e. The van der Waals surface area contributed by atoms with E-state index in [-0.39, 0.29) is 18.2 Å². The lowest BCUT2D eigenvalue weighted by Crippen LogP contribution is -2.23. The number of nitrogens with one attached hydrogen (secondary N) is 1. The molecule has 0 aliphatic heterocycles. The van der Waals surface area contributed by atoms with Crippen LogP contribution in [0, 0.1) is 0 Å². The molecule has 0 radical (unpaired) electrons. The van der Waals surface area contributed by atoms with Crippen molar-refractivity contribution in [2.45, 2.75) is 0 Å². The van der Waals surface area contributed by atoms with Crippen molar-refractivity contribution in [2.24, 2.45) is 5.73 Å². The van der Waals surface area contributed by atoms with Gasteiger partial charge in [0.1, 0.15) is 0 Å². The van der Waals surface area contributed by atoms with Crippen molar-refractivity contribution < 1.29 is 9.59 Å². The van der Waals surface area contributed by atoms with Gasteiger partial charge in [0.15, 0.2) is 5.78 Å². The summed E-state index contributed by atoms with van der Waals surface area (Å²) in [5, 5.41) is 2.63. The predicted molar refractivity (Wildman–Crippen MR) is 74.0 cm³/mol. The van der Waals surface area contributed by atoms with Gasteiger partial charge in [-0.15, -0.1) is 0 Å². The summed E-state index contributed by atoms with van der Waals surface area (Å²) in [6, 6.07) is 15.8. The first-order chi connectivity index (χ1) is 9.22. The second kappa shape index (κ2) is 5.93. The summed E-state index contributed by atoms with van der Waals surface area (Å²) in [6.07, 6.45) is 0. The van der Waals surface area contributed by atoms with Crippen LogP contribution in [0.4, 0.5) is 5.69 Å². The Labute approximate surface area is 111 Å². The minimum absolute atomic E-state index is 0.117. The third-order valence-electron chi connectivity index (χ3n) is 2.67. The van der Waals surface area contributed by atoms with Crippen LogP contribution in [-0.2, 0) is 4.79 Å². The van der Waals surface area contributed by atoms with Crippen molar-refractivity contribution >= 4 is 17.4 Å². The number of amides is 1. The zero-order chi connectivity index (χ0) is 13.7. The normalized spacial score (nSPS) is 9.95. The molecule has 0 aromatic heterocycles. The molecule has 0 saturated heterocycles. The fraction of sp³-hybridized carbons (Fsp3) is 0.0667. The van der Waals surface area contributed by atoms with Gasteiger partial charge in [0, 0.05) is 11.1 Å². The largest absolute Gasteiger partial charge is 0.324 e. The maximum absolute atomic E-state index is 12.4. The fourth-order valence-corrected chi connectivity index (χ4v) is 1.74. The van der Waals surface area contributed by atoms with E-state index in [2.05, 4.69) is 5.32 Å². The zero-order valence-corrected chi connectivity index (χ0v) is 10.3. The van der Waals surface area contributed by atoms with Gasteiger partial charge in [0.05, 0.1) is 12.2 Å². The third-order valence-corrected chi connectivity index (χ3v) is 2.67. The van der Waals surface area contributed by atoms with E-state index in [0.717, 1.165) is 0 Å². The van der Waals surface area contributed by atoms with Crippen molar-refractivity contribution in [3.05, 3.63) is 65.7 Å². The molecule has 4 heteroatoms. The second-order valence-electron chi connectivity index (χ2n) is 3.99. The number of benzene rings is 2. The van der Waals surface area contributed by atoms with Crippen LogP contribution in [0.2, 0.25) is 0 Å². The van der Waals surface area contributed by atoms with Crippen LogP contribution in [0.3, 0.4) is 0 Å². The van der Waals surface area contributed by atoms with E-state index in [0.29, 0.717) is 16.8 Å². The molecule has 19 heavy (non-hydrogen) atoms. The Morgan fingerprint density at radius 2 is 1.58 bits per heavy atom. The third kappa shape index (κ3) is 3.05. The number of hydrogen-bond acceptors (Lipinski definition) is 3. The van der Waals surface area contributed by atoms with Gasteiger partial charge in [-0.1, -0.05) is 42.5 Å². The molecule has 0 bridgehead atoms. The van der Waals surface area contributed by atoms with Gasteiger partial charge in [-0.2, -0.15) is 0 Å². The Hall–Kier alpha value is -2.46. The van der Waals surface area contributed by atoms with Crippen LogP contribution in [0.25, 0.3) is 0 Å². The molecule has 0 heterocycles. The Balaban J connectivity index is 2.35. The summed E-state index contributed by atoms with van der Waals surface area (Å²) in [5.41, 5.74) is 6.77. The highest BCUT2D eigenvalue weighted by atomic mass is 16.2. The van der Waals surface area contributed by atoms with Crippen molar-refractivity contribution in [1.29, 1.82) is 0 Å². The maximum Gasteiger partial charge on any atom is 0.238 e. The van der Waals surface area contributed by atoms with Gasteiger partial charge in [0.2, 0.25) is 5.91 Å². The summed E-state index contributed by atoms with van der Waals surface area (Å²) < 4.78 is 0. The molecule has 0 unspecified atom stereocenters. The highest BCUT2D eigenvalue weighted by Gasteiger charge is 2.13. The van der Waals surface area contributed by atoms with E-state index in [1.165, 1.54) is 0 Å². The van der Waals surface area contributed by atoms with Crippen LogP contribution in [-0.4, -0.2) is 18.2 Å². The van der Waals surface area contributed by atoms with Gasteiger partial charge in [0.25, 0.3) is 0 Å². The van der Waals surface area contributed by atoms with E-state index >= 15 is 0 Å². The van der Waals surface area contributed by atoms with Gasteiger partial charge in [-0.05, 0) is 12.1 Å². The Morgan fingerprint density at radius 1 is 0.947 bits per heavy atom. The predicted octanol–water partition coefficient (Wildman–Crippen LogP) is 1.81. The van der Waals surface area contributed by atoms with Crippen LogP contribution in [0.5, 0.6) is 0 Å². The van der Waals surface area contributed by atoms with Gasteiger partial charge >= 0.3 is 0 Å². The molecule has 0 fully saturated rings. The quantitative estimate of drug-likeness (QED) is 0.817. The van der Waals surface area contributed by atoms with E-state index in [1.54, 1.807) is 48.5 Å². The van der Waals surface area contributed by atoms with E-state index in [1.807, 2.05) is 6.07 Å². The van der Waals surface area contributed by atoms with Crippen molar-refractivity contribution in [3.8, 4) is 0 Å². The Bertz CT molecular complexity index is 594. The second-order valence-corrected chi connectivity index (χ2v) is 3.99. The number of nitrogens with two attached hydrogens (primary N) is 1. The average Bonchev–Trinajstić information content (AvgIpc) is 2.48. The Morgan fingerprint density at radius 3 is 2.26 bits per heavy atom. The number of carbonyl (C=O) groups is 2. The number of hydrogen-bond donors (Lipinski definition) is 2. The summed E-state index contributed by atoms with van der Waals surface area (Å²) in [4.78, 5) is 23.7. The minimum Gasteiger partial charge on any atom is -0.324 e. The summed E-state index contributed by atoms with van der Waals surface area (Å²) >= 11 is 0. The minimum atomic E-state index is -0.326. The maximum atomic E-state index is 12.4. The number of anilines is 1. The standard InChI is InChI=1S/C15H14N2O2/c16-10-14(18)17-13-9-5-4-8-12(13)15(19)11-6-2-1-3-7-11/h1-9H,10,16H2,(H,17,18). The van der Waals surface area contributed by atoms with Gasteiger partial charge in [-0.3, -0.25) is 9.59 Å². The number of para-hydroxylation sites is 1. The SMILES string of the molecule is NCC(=O)Nc1ccccc1C(=O)c1ccccc1. The van der Waals surface area contributed by atoms with E-state index < -0.39 is 0 Å². The molecule has 0 atom stereocenters. The Kier molecular flexibility index (Phi) is 4.05. The van der Waals surface area contributed by atoms with Crippen LogP contribution < -0.4 is 11.1 Å². The van der Waals surface area contributed by atoms with Crippen LogP contribution in [0.1, 0.15) is 15.9 Å². The first-order valence-corrected chi connectivity index (χ1v) is 5.91. The molecular formula is C15H14N2O2. The number of rotatable bonds is 4. The average molecular weight is 254 g/mol. The van der Waals surface area contributed by atoms with Crippen molar-refractivity contribution in [3.63, 3.8) is 0 Å². The van der Waals surface area contributed by atoms with Crippen molar-refractivity contribution in [2.75, 3.05) is 11.9 Å². The lowest BCUT2D eigenvalue weighted by Gasteiger charge is -2.09. The molecule has 2 aromatic carbocycles. The molecule has 4 nitrogen and oxygen atoms in total. The lowest BCUT2D eigenvalue weighted by molar-refractivity contribution is -0.114. The number of carbonyl (C=O) groups excluding carboxylic acids is 2. The molecule has 1 amide bonds. The fourth-order valence-electron chi connectivity index (χ4n) is 1.74. The highest BCUT2D eigenvalue weighted by molar-refractivity contribution is 6.13. The number of ketones is 1. The van der Waals surface area contributed by atoms with Gasteiger partial charge < -0.3 is 11.1 Å². The molecule has 2 rings (SSSR count). The molecule has 2 aromatic rings. The molecule has 0 aliphatic rings. The first kappa shape index (κ1) is 13.0.